The number of rotatable bonds is 1. The Hall–Kier alpha value is -1.01. The van der Waals surface area contributed by atoms with Gasteiger partial charge in [-0.05, 0) is 18.8 Å². The normalized spacial score (nSPS) is 23.3. The van der Waals surface area contributed by atoms with E-state index in [9.17, 15) is 0 Å². The molecule has 0 spiro atoms. The molecule has 1 fully saturated rings. The molecule has 0 aromatic carbocycles. The minimum atomic E-state index is 0.224. The van der Waals surface area contributed by atoms with Crippen molar-refractivity contribution in [2.24, 2.45) is 5.92 Å². The first-order valence-electron chi connectivity index (χ1n) is 6.58. The van der Waals surface area contributed by atoms with E-state index < -0.39 is 0 Å². The van der Waals surface area contributed by atoms with Crippen LogP contribution < -0.4 is 5.73 Å². The number of hydrogen-bond donors (Lipinski definition) is 1. The van der Waals surface area contributed by atoms with E-state index >= 15 is 0 Å². The average molecular weight is 296 g/mol. The molecule has 0 saturated heterocycles. The summed E-state index contributed by atoms with van der Waals surface area (Å²) in [6.45, 7) is 0. The molecule has 1 saturated carbocycles. The number of halogens is 1. The van der Waals surface area contributed by atoms with Crippen LogP contribution in [-0.2, 0) is 0 Å². The van der Waals surface area contributed by atoms with Gasteiger partial charge in [0.05, 0.1) is 0 Å². The highest BCUT2D eigenvalue weighted by Gasteiger charge is 2.35. The van der Waals surface area contributed by atoms with Crippen LogP contribution in [0.15, 0.2) is 5.16 Å². The number of hydrogen-bond acceptors (Lipinski definition) is 5. The molecule has 1 atom stereocenters. The van der Waals surface area contributed by atoms with Gasteiger partial charge in [-0.2, -0.15) is 9.97 Å². The van der Waals surface area contributed by atoms with Gasteiger partial charge in [0.2, 0.25) is 5.95 Å². The Balaban J connectivity index is 1.89. The fourth-order valence-corrected chi connectivity index (χ4v) is 4.73. The van der Waals surface area contributed by atoms with Gasteiger partial charge in [0.25, 0.3) is 0 Å². The summed E-state index contributed by atoms with van der Waals surface area (Å²) in [4.78, 5) is 12.9. The van der Waals surface area contributed by atoms with Crippen LogP contribution in [0.5, 0.6) is 0 Å². The molecule has 2 aromatic rings. The Kier molecular flexibility index (Phi) is 2.63. The smallest absolute Gasteiger partial charge is 0.223 e. The van der Waals surface area contributed by atoms with Crippen molar-refractivity contribution in [3.63, 3.8) is 0 Å². The molecular weight excluding hydrogens is 282 g/mol. The van der Waals surface area contributed by atoms with Crippen LogP contribution in [-0.4, -0.2) is 25.3 Å². The average Bonchev–Trinajstić information content (AvgIpc) is 3.03. The van der Waals surface area contributed by atoms with Crippen molar-refractivity contribution in [1.29, 1.82) is 0 Å². The molecule has 7 heteroatoms. The Morgan fingerprint density at radius 3 is 2.79 bits per heavy atom. The third-order valence-corrected chi connectivity index (χ3v) is 5.46. The van der Waals surface area contributed by atoms with E-state index in [2.05, 4.69) is 19.5 Å². The maximum absolute atomic E-state index is 6.12. The molecular formula is C12H14ClN5S. The Bertz CT molecular complexity index is 649. The van der Waals surface area contributed by atoms with Gasteiger partial charge < -0.3 is 5.73 Å². The first kappa shape index (κ1) is 11.8. The molecule has 5 nitrogen and oxygen atoms in total. The number of thioether (sulfide) groups is 1. The summed E-state index contributed by atoms with van der Waals surface area (Å²) in [5.41, 5.74) is 7.20. The second-order valence-electron chi connectivity index (χ2n) is 5.23. The maximum Gasteiger partial charge on any atom is 0.223 e. The summed E-state index contributed by atoms with van der Waals surface area (Å²) in [7, 11) is 0. The van der Waals surface area contributed by atoms with Crippen molar-refractivity contribution in [3.8, 4) is 0 Å². The van der Waals surface area contributed by atoms with E-state index in [1.807, 2.05) is 0 Å². The molecule has 100 valence electrons. The summed E-state index contributed by atoms with van der Waals surface area (Å²) < 4.78 is 2.24. The summed E-state index contributed by atoms with van der Waals surface area (Å²) >= 11 is 7.91. The predicted octanol–water partition coefficient (Wildman–Crippen LogP) is 2.90. The first-order valence-corrected chi connectivity index (χ1v) is 7.94. The summed E-state index contributed by atoms with van der Waals surface area (Å²) in [6.07, 6.45) is 5.29. The van der Waals surface area contributed by atoms with E-state index in [4.69, 9.17) is 17.3 Å². The van der Waals surface area contributed by atoms with Crippen molar-refractivity contribution in [1.82, 2.24) is 19.5 Å². The lowest BCUT2D eigenvalue weighted by atomic mass is 9.99. The van der Waals surface area contributed by atoms with Crippen LogP contribution in [0.2, 0.25) is 5.15 Å². The van der Waals surface area contributed by atoms with Gasteiger partial charge in [-0.15, -0.1) is 0 Å². The molecule has 2 N–H and O–H groups in total. The Morgan fingerprint density at radius 1 is 1.21 bits per heavy atom. The highest BCUT2D eigenvalue weighted by molar-refractivity contribution is 7.99. The second-order valence-corrected chi connectivity index (χ2v) is 6.58. The van der Waals surface area contributed by atoms with Crippen molar-refractivity contribution >= 4 is 40.5 Å². The van der Waals surface area contributed by atoms with E-state index in [-0.39, 0.29) is 5.95 Å². The SMILES string of the molecule is Nc1nc(Cl)c2nc3n(c2n1)[C@@H](C1CCCC1)CS3. The standard InChI is InChI=1S/C12H14ClN5S/c13-9-8-10(17-11(14)16-9)18-7(5-19-12(18)15-8)6-3-1-2-4-6/h6-7H,1-5H2,(H2,14,16,17)/t7-/m1/s1. The van der Waals surface area contributed by atoms with E-state index in [0.717, 1.165) is 22.5 Å². The highest BCUT2D eigenvalue weighted by Crippen LogP contribution is 2.45. The van der Waals surface area contributed by atoms with E-state index in [0.29, 0.717) is 16.7 Å². The molecule has 0 unspecified atom stereocenters. The quantitative estimate of drug-likeness (QED) is 0.819. The highest BCUT2D eigenvalue weighted by atomic mass is 35.5. The number of nitrogen functional groups attached to an aromatic ring is 1. The Labute approximate surface area is 120 Å². The monoisotopic (exact) mass is 295 g/mol. The second kappa shape index (κ2) is 4.24. The molecule has 2 aromatic heterocycles. The number of nitrogens with zero attached hydrogens (tertiary/aromatic N) is 4. The summed E-state index contributed by atoms with van der Waals surface area (Å²) in [5.74, 6) is 2.05. The van der Waals surface area contributed by atoms with Gasteiger partial charge in [-0.3, -0.25) is 4.57 Å². The van der Waals surface area contributed by atoms with Crippen LogP contribution in [0.1, 0.15) is 31.7 Å². The third-order valence-electron chi connectivity index (χ3n) is 4.14. The zero-order valence-corrected chi connectivity index (χ0v) is 11.9. The van der Waals surface area contributed by atoms with Crippen LogP contribution in [0.25, 0.3) is 11.2 Å². The predicted molar refractivity (Wildman–Crippen MR) is 76.5 cm³/mol. The van der Waals surface area contributed by atoms with E-state index in [1.54, 1.807) is 11.8 Å². The zero-order chi connectivity index (χ0) is 13.0. The number of fused-ring (bicyclic) bond motifs is 3. The number of anilines is 1. The molecule has 3 heterocycles. The third kappa shape index (κ3) is 1.73. The van der Waals surface area contributed by atoms with Gasteiger partial charge in [-0.25, -0.2) is 4.98 Å². The van der Waals surface area contributed by atoms with Gasteiger partial charge in [-0.1, -0.05) is 36.2 Å². The Morgan fingerprint density at radius 2 is 2.00 bits per heavy atom. The number of imidazole rings is 1. The van der Waals surface area contributed by atoms with Crippen molar-refractivity contribution in [3.05, 3.63) is 5.15 Å². The molecule has 1 aliphatic heterocycles. The molecule has 0 amide bonds. The van der Waals surface area contributed by atoms with Gasteiger partial charge in [0.15, 0.2) is 16.0 Å². The molecule has 19 heavy (non-hydrogen) atoms. The molecule has 0 bridgehead atoms. The topological polar surface area (TPSA) is 69.6 Å². The van der Waals surface area contributed by atoms with Gasteiger partial charge >= 0.3 is 0 Å². The minimum Gasteiger partial charge on any atom is -0.368 e. The van der Waals surface area contributed by atoms with Crippen LogP contribution >= 0.6 is 23.4 Å². The van der Waals surface area contributed by atoms with Crippen molar-refractivity contribution in [2.45, 2.75) is 36.9 Å². The summed E-state index contributed by atoms with van der Waals surface area (Å²) in [6, 6.07) is 0.484. The number of nitrogens with two attached hydrogens (primary N) is 1. The van der Waals surface area contributed by atoms with Crippen molar-refractivity contribution in [2.75, 3.05) is 11.5 Å². The van der Waals surface area contributed by atoms with Crippen LogP contribution in [0.4, 0.5) is 5.95 Å². The minimum absolute atomic E-state index is 0.224. The van der Waals surface area contributed by atoms with E-state index in [1.165, 1.54) is 25.7 Å². The lowest BCUT2D eigenvalue weighted by molar-refractivity contribution is 0.366. The fourth-order valence-electron chi connectivity index (χ4n) is 3.26. The fraction of sp³-hybridized carbons (Fsp3) is 0.583. The first-order chi connectivity index (χ1) is 9.24. The zero-order valence-electron chi connectivity index (χ0n) is 10.3. The summed E-state index contributed by atoms with van der Waals surface area (Å²) in [5, 5.41) is 1.36. The lowest BCUT2D eigenvalue weighted by Gasteiger charge is -2.19. The van der Waals surface area contributed by atoms with Crippen LogP contribution in [0, 0.1) is 5.92 Å². The van der Waals surface area contributed by atoms with Crippen LogP contribution in [0.3, 0.4) is 0 Å². The van der Waals surface area contributed by atoms with Crippen molar-refractivity contribution < 1.29 is 0 Å². The maximum atomic E-state index is 6.12. The molecule has 4 rings (SSSR count). The van der Waals surface area contributed by atoms with Gasteiger partial charge in [0.1, 0.15) is 5.52 Å². The number of aromatic nitrogens is 4. The molecule has 0 radical (unpaired) electrons. The van der Waals surface area contributed by atoms with Gasteiger partial charge in [0, 0.05) is 11.8 Å². The lowest BCUT2D eigenvalue weighted by Crippen LogP contribution is -2.16. The largest absolute Gasteiger partial charge is 0.368 e. The molecule has 2 aliphatic rings. The molecule has 1 aliphatic carbocycles.